The maximum absolute atomic E-state index is 11.1. The molecule has 0 spiro atoms. The molecule has 1 aromatic carbocycles. The number of nitro groups is 1. The number of benzene rings is 1. The first-order valence-corrected chi connectivity index (χ1v) is 6.16. The summed E-state index contributed by atoms with van der Waals surface area (Å²) in [6.45, 7) is 0.147. The molecule has 7 heteroatoms. The molecular formula is C13H13N3O4. The summed E-state index contributed by atoms with van der Waals surface area (Å²) in [4.78, 5) is 22.9. The molecule has 0 heterocycles. The van der Waals surface area contributed by atoms with Crippen molar-refractivity contribution in [2.45, 2.75) is 12.8 Å². The van der Waals surface area contributed by atoms with Gasteiger partial charge in [0.05, 0.1) is 16.6 Å². The predicted molar refractivity (Wildman–Crippen MR) is 70.4 cm³/mol. The average Bonchev–Trinajstić information content (AvgIpc) is 3.20. The summed E-state index contributed by atoms with van der Waals surface area (Å²) in [7, 11) is 0. The third-order valence-electron chi connectivity index (χ3n) is 3.14. The highest BCUT2D eigenvalue weighted by molar-refractivity contribution is 5.76. The van der Waals surface area contributed by atoms with Gasteiger partial charge < -0.3 is 10.0 Å². The maximum Gasteiger partial charge on any atom is 0.323 e. The van der Waals surface area contributed by atoms with Crippen LogP contribution in [0.4, 0.5) is 11.4 Å². The standard InChI is InChI=1S/C13H13N3O4/c14-6-10-3-4-11(16(19)20)12(5-10)15(8-13(17)18)7-9-1-2-9/h3-5,9H,1-2,7-8H2,(H,17,18). The van der Waals surface area contributed by atoms with Crippen LogP contribution in [0, 0.1) is 27.4 Å². The second kappa shape index (κ2) is 5.57. The van der Waals surface area contributed by atoms with Gasteiger partial charge in [-0.15, -0.1) is 0 Å². The van der Waals surface area contributed by atoms with Gasteiger partial charge in [-0.1, -0.05) is 0 Å². The fourth-order valence-electron chi connectivity index (χ4n) is 2.02. The van der Waals surface area contributed by atoms with Crippen LogP contribution in [0.3, 0.4) is 0 Å². The number of carboxylic acid groups (broad SMARTS) is 1. The van der Waals surface area contributed by atoms with E-state index in [1.165, 1.54) is 23.1 Å². The van der Waals surface area contributed by atoms with Crippen LogP contribution in [0.5, 0.6) is 0 Å². The number of hydrogen-bond donors (Lipinski definition) is 1. The lowest BCUT2D eigenvalue weighted by molar-refractivity contribution is -0.384. The SMILES string of the molecule is N#Cc1ccc([N+](=O)[O-])c(N(CC(=O)O)CC2CC2)c1. The monoisotopic (exact) mass is 275 g/mol. The summed E-state index contributed by atoms with van der Waals surface area (Å²) in [6.07, 6.45) is 2.00. The van der Waals surface area contributed by atoms with Gasteiger partial charge >= 0.3 is 5.97 Å². The minimum Gasteiger partial charge on any atom is -0.480 e. The Kier molecular flexibility index (Phi) is 3.84. The first-order chi connectivity index (χ1) is 9.51. The molecular weight excluding hydrogens is 262 g/mol. The zero-order chi connectivity index (χ0) is 14.7. The van der Waals surface area contributed by atoms with Gasteiger partial charge in [0.15, 0.2) is 0 Å². The highest BCUT2D eigenvalue weighted by Crippen LogP contribution is 2.35. The summed E-state index contributed by atoms with van der Waals surface area (Å²) >= 11 is 0. The van der Waals surface area contributed by atoms with E-state index >= 15 is 0 Å². The molecule has 1 aliphatic rings. The minimum atomic E-state index is -1.05. The van der Waals surface area contributed by atoms with E-state index in [9.17, 15) is 14.9 Å². The van der Waals surface area contributed by atoms with E-state index in [0.29, 0.717) is 12.5 Å². The summed E-state index contributed by atoms with van der Waals surface area (Å²) in [6, 6.07) is 5.90. The van der Waals surface area contributed by atoms with E-state index in [1.54, 1.807) is 0 Å². The zero-order valence-corrected chi connectivity index (χ0v) is 10.7. The Labute approximate surface area is 115 Å². The van der Waals surface area contributed by atoms with E-state index in [0.717, 1.165) is 12.8 Å². The van der Waals surface area contributed by atoms with Crippen molar-refractivity contribution in [3.05, 3.63) is 33.9 Å². The van der Waals surface area contributed by atoms with Crippen LogP contribution in [-0.2, 0) is 4.79 Å². The lowest BCUT2D eigenvalue weighted by Crippen LogP contribution is -2.32. The molecule has 0 bridgehead atoms. The number of carboxylic acids is 1. The van der Waals surface area contributed by atoms with Crippen molar-refractivity contribution in [1.29, 1.82) is 5.26 Å². The lowest BCUT2D eigenvalue weighted by Gasteiger charge is -2.22. The number of nitro benzene ring substituents is 1. The lowest BCUT2D eigenvalue weighted by atomic mass is 10.1. The number of anilines is 1. The summed E-state index contributed by atoms with van der Waals surface area (Å²) in [5.74, 6) is -0.679. The van der Waals surface area contributed by atoms with E-state index in [4.69, 9.17) is 10.4 Å². The number of nitrogens with zero attached hydrogens (tertiary/aromatic N) is 3. The molecule has 7 nitrogen and oxygen atoms in total. The third-order valence-corrected chi connectivity index (χ3v) is 3.14. The third kappa shape index (κ3) is 3.23. The molecule has 104 valence electrons. The molecule has 1 aromatic rings. The van der Waals surface area contributed by atoms with Gasteiger partial charge in [0.25, 0.3) is 5.69 Å². The fourth-order valence-corrected chi connectivity index (χ4v) is 2.02. The van der Waals surface area contributed by atoms with Crippen LogP contribution in [-0.4, -0.2) is 29.1 Å². The Morgan fingerprint density at radius 2 is 2.25 bits per heavy atom. The number of aliphatic carboxylic acids is 1. The molecule has 1 aliphatic carbocycles. The topological polar surface area (TPSA) is 107 Å². The molecule has 0 radical (unpaired) electrons. The van der Waals surface area contributed by atoms with Gasteiger partial charge in [-0.3, -0.25) is 14.9 Å². The van der Waals surface area contributed by atoms with Crippen molar-refractivity contribution < 1.29 is 14.8 Å². The van der Waals surface area contributed by atoms with Crippen LogP contribution in [0.1, 0.15) is 18.4 Å². The van der Waals surface area contributed by atoms with Crippen LogP contribution >= 0.6 is 0 Å². The van der Waals surface area contributed by atoms with Gasteiger partial charge in [0.2, 0.25) is 0 Å². The number of hydrogen-bond acceptors (Lipinski definition) is 5. The molecule has 0 unspecified atom stereocenters. The maximum atomic E-state index is 11.1. The molecule has 2 rings (SSSR count). The van der Waals surface area contributed by atoms with E-state index in [2.05, 4.69) is 0 Å². The van der Waals surface area contributed by atoms with Gasteiger partial charge in [-0.25, -0.2) is 0 Å². The van der Waals surface area contributed by atoms with Crippen molar-refractivity contribution >= 4 is 17.3 Å². The van der Waals surface area contributed by atoms with E-state index < -0.39 is 10.9 Å². The van der Waals surface area contributed by atoms with Gasteiger partial charge in [0, 0.05) is 12.6 Å². The Balaban J connectivity index is 2.40. The number of nitriles is 1. The molecule has 0 aliphatic heterocycles. The molecule has 1 N–H and O–H groups in total. The van der Waals surface area contributed by atoms with Gasteiger partial charge in [0.1, 0.15) is 12.2 Å². The normalized spacial score (nSPS) is 13.6. The Hall–Kier alpha value is -2.62. The zero-order valence-electron chi connectivity index (χ0n) is 10.7. The molecule has 0 amide bonds. The van der Waals surface area contributed by atoms with Crippen LogP contribution in [0.2, 0.25) is 0 Å². The minimum absolute atomic E-state index is 0.175. The second-order valence-electron chi connectivity index (χ2n) is 4.79. The predicted octanol–water partition coefficient (Wildman–Crippen LogP) is 1.77. The highest BCUT2D eigenvalue weighted by Gasteiger charge is 2.29. The fraction of sp³-hybridized carbons (Fsp3) is 0.385. The summed E-state index contributed by atoms with van der Waals surface area (Å²) in [5, 5.41) is 28.9. The Bertz CT molecular complexity index is 590. The summed E-state index contributed by atoms with van der Waals surface area (Å²) < 4.78 is 0. The smallest absolute Gasteiger partial charge is 0.323 e. The Morgan fingerprint density at radius 3 is 2.75 bits per heavy atom. The number of rotatable bonds is 6. The van der Waals surface area contributed by atoms with Crippen molar-refractivity contribution in [2.75, 3.05) is 18.0 Å². The highest BCUT2D eigenvalue weighted by atomic mass is 16.6. The van der Waals surface area contributed by atoms with Crippen LogP contribution < -0.4 is 4.90 Å². The first kappa shape index (κ1) is 13.8. The van der Waals surface area contributed by atoms with Gasteiger partial charge in [-0.2, -0.15) is 5.26 Å². The second-order valence-corrected chi connectivity index (χ2v) is 4.79. The van der Waals surface area contributed by atoms with Crippen LogP contribution in [0.15, 0.2) is 18.2 Å². The molecule has 0 atom stereocenters. The summed E-state index contributed by atoms with van der Waals surface area (Å²) in [5.41, 5.74) is 0.297. The Morgan fingerprint density at radius 1 is 1.55 bits per heavy atom. The average molecular weight is 275 g/mol. The largest absolute Gasteiger partial charge is 0.480 e. The van der Waals surface area contributed by atoms with Crippen molar-refractivity contribution in [3.63, 3.8) is 0 Å². The van der Waals surface area contributed by atoms with Crippen molar-refractivity contribution in [3.8, 4) is 6.07 Å². The molecule has 0 aromatic heterocycles. The first-order valence-electron chi connectivity index (χ1n) is 6.16. The van der Waals surface area contributed by atoms with E-state index in [1.807, 2.05) is 6.07 Å². The van der Waals surface area contributed by atoms with Gasteiger partial charge in [-0.05, 0) is 30.9 Å². The molecule has 1 saturated carbocycles. The quantitative estimate of drug-likeness (QED) is 0.626. The van der Waals surface area contributed by atoms with Crippen molar-refractivity contribution in [1.82, 2.24) is 0 Å². The van der Waals surface area contributed by atoms with Crippen LogP contribution in [0.25, 0.3) is 0 Å². The van der Waals surface area contributed by atoms with E-state index in [-0.39, 0.29) is 23.5 Å². The molecule has 1 fully saturated rings. The van der Waals surface area contributed by atoms with Crippen molar-refractivity contribution in [2.24, 2.45) is 5.92 Å². The number of carbonyl (C=O) groups is 1. The molecule has 20 heavy (non-hydrogen) atoms. The molecule has 0 saturated heterocycles.